The topological polar surface area (TPSA) is 44.5 Å². The summed E-state index contributed by atoms with van der Waals surface area (Å²) in [7, 11) is 0. The van der Waals surface area contributed by atoms with Gasteiger partial charge in [-0.2, -0.15) is 0 Å². The van der Waals surface area contributed by atoms with Crippen LogP contribution in [0.25, 0.3) is 0 Å². The standard InChI is InChI=1S/C18H23NO2/c1-3-15(19)12-14-8-7-9-16(13-14)21-18-11-6-5-10-17(18)20-4-2/h5-11,13,15H,3-4,12,19H2,1-2H3. The predicted molar refractivity (Wildman–Crippen MR) is 86.1 cm³/mol. The van der Waals surface area contributed by atoms with Crippen LogP contribution in [0.1, 0.15) is 25.8 Å². The first-order chi connectivity index (χ1) is 10.2. The van der Waals surface area contributed by atoms with Crippen molar-refractivity contribution in [1.82, 2.24) is 0 Å². The summed E-state index contributed by atoms with van der Waals surface area (Å²) in [5, 5.41) is 0. The summed E-state index contributed by atoms with van der Waals surface area (Å²) < 4.78 is 11.5. The summed E-state index contributed by atoms with van der Waals surface area (Å²) >= 11 is 0. The highest BCUT2D eigenvalue weighted by atomic mass is 16.5. The molecular weight excluding hydrogens is 262 g/mol. The van der Waals surface area contributed by atoms with Gasteiger partial charge in [0.15, 0.2) is 11.5 Å². The van der Waals surface area contributed by atoms with Crippen molar-refractivity contribution in [2.45, 2.75) is 32.7 Å². The van der Waals surface area contributed by atoms with E-state index in [-0.39, 0.29) is 6.04 Å². The van der Waals surface area contributed by atoms with Crippen LogP contribution in [-0.4, -0.2) is 12.6 Å². The predicted octanol–water partition coefficient (Wildman–Crippen LogP) is 4.16. The van der Waals surface area contributed by atoms with Crippen molar-refractivity contribution >= 4 is 0 Å². The lowest BCUT2D eigenvalue weighted by atomic mass is 10.0. The second-order valence-electron chi connectivity index (χ2n) is 5.00. The molecule has 0 fully saturated rings. The highest BCUT2D eigenvalue weighted by Gasteiger charge is 2.07. The van der Waals surface area contributed by atoms with Gasteiger partial charge in [-0.1, -0.05) is 31.2 Å². The van der Waals surface area contributed by atoms with Crippen LogP contribution in [0.15, 0.2) is 48.5 Å². The van der Waals surface area contributed by atoms with Crippen LogP contribution >= 0.6 is 0 Å². The lowest BCUT2D eigenvalue weighted by Crippen LogP contribution is -2.21. The minimum atomic E-state index is 0.191. The molecule has 21 heavy (non-hydrogen) atoms. The summed E-state index contributed by atoms with van der Waals surface area (Å²) in [6.45, 7) is 4.68. The molecule has 1 unspecified atom stereocenters. The van der Waals surface area contributed by atoms with Gasteiger partial charge >= 0.3 is 0 Å². The number of ether oxygens (including phenoxy) is 2. The van der Waals surface area contributed by atoms with Gasteiger partial charge in [0.05, 0.1) is 6.61 Å². The average molecular weight is 285 g/mol. The van der Waals surface area contributed by atoms with Crippen molar-refractivity contribution in [3.63, 3.8) is 0 Å². The lowest BCUT2D eigenvalue weighted by Gasteiger charge is -2.13. The zero-order valence-electron chi connectivity index (χ0n) is 12.7. The third-order valence-electron chi connectivity index (χ3n) is 3.30. The molecule has 0 aromatic heterocycles. The molecule has 2 rings (SSSR count). The zero-order chi connectivity index (χ0) is 15.1. The second kappa shape index (κ2) is 7.70. The van der Waals surface area contributed by atoms with Crippen molar-refractivity contribution in [3.8, 4) is 17.2 Å². The fraction of sp³-hybridized carbons (Fsp3) is 0.333. The molecule has 0 aliphatic heterocycles. The summed E-state index contributed by atoms with van der Waals surface area (Å²) in [5.74, 6) is 2.30. The molecule has 0 radical (unpaired) electrons. The fourth-order valence-electron chi connectivity index (χ4n) is 2.12. The Bertz CT molecular complexity index is 569. The van der Waals surface area contributed by atoms with E-state index in [9.17, 15) is 0 Å². The van der Waals surface area contributed by atoms with Crippen LogP contribution in [-0.2, 0) is 6.42 Å². The maximum atomic E-state index is 6.01. The molecule has 2 aromatic carbocycles. The zero-order valence-corrected chi connectivity index (χ0v) is 12.7. The van der Waals surface area contributed by atoms with Crippen molar-refractivity contribution in [1.29, 1.82) is 0 Å². The first-order valence-electron chi connectivity index (χ1n) is 7.47. The molecule has 0 aliphatic rings. The molecule has 0 saturated heterocycles. The van der Waals surface area contributed by atoms with Crippen LogP contribution in [0.3, 0.4) is 0 Å². The number of nitrogens with two attached hydrogens (primary N) is 1. The minimum absolute atomic E-state index is 0.191. The maximum absolute atomic E-state index is 6.01. The van der Waals surface area contributed by atoms with Gasteiger partial charge in [0.2, 0.25) is 0 Å². The summed E-state index contributed by atoms with van der Waals surface area (Å²) in [5.41, 5.74) is 7.20. The lowest BCUT2D eigenvalue weighted by molar-refractivity contribution is 0.321. The Morgan fingerprint density at radius 1 is 1.00 bits per heavy atom. The van der Waals surface area contributed by atoms with Crippen LogP contribution in [0.4, 0.5) is 0 Å². The minimum Gasteiger partial charge on any atom is -0.490 e. The molecule has 3 heteroatoms. The van der Waals surface area contributed by atoms with Crippen molar-refractivity contribution in [2.75, 3.05) is 6.61 Å². The molecule has 1 atom stereocenters. The SMILES string of the molecule is CCOc1ccccc1Oc1cccc(CC(N)CC)c1. The van der Waals surface area contributed by atoms with Gasteiger partial charge in [0.1, 0.15) is 5.75 Å². The van der Waals surface area contributed by atoms with E-state index in [0.717, 1.165) is 30.1 Å². The number of benzene rings is 2. The largest absolute Gasteiger partial charge is 0.490 e. The third-order valence-corrected chi connectivity index (χ3v) is 3.30. The Morgan fingerprint density at radius 2 is 1.76 bits per heavy atom. The molecule has 0 heterocycles. The number of hydrogen-bond donors (Lipinski definition) is 1. The van der Waals surface area contributed by atoms with Crippen molar-refractivity contribution in [2.24, 2.45) is 5.73 Å². The summed E-state index contributed by atoms with van der Waals surface area (Å²) in [6, 6.07) is 16.0. The van der Waals surface area contributed by atoms with Gasteiger partial charge in [-0.15, -0.1) is 0 Å². The molecule has 0 aliphatic carbocycles. The van der Waals surface area contributed by atoms with Crippen LogP contribution in [0.2, 0.25) is 0 Å². The quantitative estimate of drug-likeness (QED) is 0.831. The summed E-state index contributed by atoms with van der Waals surface area (Å²) in [6.07, 6.45) is 1.83. The normalized spacial score (nSPS) is 12.0. The molecule has 0 bridgehead atoms. The Balaban J connectivity index is 2.14. The Labute approximate surface area is 126 Å². The monoisotopic (exact) mass is 285 g/mol. The van der Waals surface area contributed by atoms with Gasteiger partial charge < -0.3 is 15.2 Å². The summed E-state index contributed by atoms with van der Waals surface area (Å²) in [4.78, 5) is 0. The van der Waals surface area contributed by atoms with E-state index in [1.807, 2.05) is 49.4 Å². The van der Waals surface area contributed by atoms with E-state index in [2.05, 4.69) is 13.0 Å². The first kappa shape index (κ1) is 15.4. The number of hydrogen-bond acceptors (Lipinski definition) is 3. The fourth-order valence-corrected chi connectivity index (χ4v) is 2.12. The van der Waals surface area contributed by atoms with E-state index in [0.29, 0.717) is 6.61 Å². The second-order valence-corrected chi connectivity index (χ2v) is 5.00. The van der Waals surface area contributed by atoms with Gasteiger partial charge in [-0.25, -0.2) is 0 Å². The molecule has 2 aromatic rings. The smallest absolute Gasteiger partial charge is 0.169 e. The average Bonchev–Trinajstić information content (AvgIpc) is 2.50. The van der Waals surface area contributed by atoms with E-state index in [1.54, 1.807) is 0 Å². The molecular formula is C18H23NO2. The van der Waals surface area contributed by atoms with Gasteiger partial charge in [0.25, 0.3) is 0 Å². The molecule has 3 nitrogen and oxygen atoms in total. The Hall–Kier alpha value is -2.00. The van der Waals surface area contributed by atoms with Gasteiger partial charge in [-0.3, -0.25) is 0 Å². The van der Waals surface area contributed by atoms with Crippen molar-refractivity contribution < 1.29 is 9.47 Å². The van der Waals surface area contributed by atoms with E-state index >= 15 is 0 Å². The van der Waals surface area contributed by atoms with Gasteiger partial charge in [-0.05, 0) is 49.6 Å². The van der Waals surface area contributed by atoms with Gasteiger partial charge in [0, 0.05) is 6.04 Å². The van der Waals surface area contributed by atoms with Crippen LogP contribution in [0.5, 0.6) is 17.2 Å². The molecule has 0 spiro atoms. The Kier molecular flexibility index (Phi) is 5.64. The highest BCUT2D eigenvalue weighted by molar-refractivity contribution is 5.43. The molecule has 112 valence electrons. The maximum Gasteiger partial charge on any atom is 0.169 e. The van der Waals surface area contributed by atoms with Crippen molar-refractivity contribution in [3.05, 3.63) is 54.1 Å². The highest BCUT2D eigenvalue weighted by Crippen LogP contribution is 2.31. The molecule has 0 amide bonds. The number of para-hydroxylation sites is 2. The van der Waals surface area contributed by atoms with E-state index in [4.69, 9.17) is 15.2 Å². The van der Waals surface area contributed by atoms with E-state index < -0.39 is 0 Å². The third kappa shape index (κ3) is 4.50. The van der Waals surface area contributed by atoms with Crippen LogP contribution in [0, 0.1) is 0 Å². The number of rotatable bonds is 7. The Morgan fingerprint density at radius 3 is 2.48 bits per heavy atom. The molecule has 2 N–H and O–H groups in total. The first-order valence-corrected chi connectivity index (χ1v) is 7.47. The molecule has 0 saturated carbocycles. The van der Waals surface area contributed by atoms with E-state index in [1.165, 1.54) is 5.56 Å². The van der Waals surface area contributed by atoms with Crippen LogP contribution < -0.4 is 15.2 Å².